The van der Waals surface area contributed by atoms with Gasteiger partial charge in [0.25, 0.3) is 12.0 Å². The van der Waals surface area contributed by atoms with Gasteiger partial charge in [-0.2, -0.15) is 4.40 Å². The molecule has 0 saturated carbocycles. The van der Waals surface area contributed by atoms with Crippen LogP contribution < -0.4 is 4.57 Å². The molecular weight excluding hydrogens is 588 g/mol. The lowest BCUT2D eigenvalue weighted by molar-refractivity contribution is -0.729. The third-order valence-electron chi connectivity index (χ3n) is 8.23. The first kappa shape index (κ1) is 29.1. The number of nitro groups is 1. The van der Waals surface area contributed by atoms with Crippen LogP contribution in [0.4, 0.5) is 5.69 Å². The standard InChI is InChI=1S/C31H31N4O6S2/c1-18-24(23-15-33-17-32(29(42-3)30(33)43-23)14-13-20-7-5-4-6-8-20)27(34-26(18)25(19(2)36)28(34)37)31(38)41-16-21-9-11-22(12-10-21)35(39)40/h4-12,15,17-19,25-26,36H,13-14,16H2,1-3H3/q+1/t18-,19+,25+,26+/m0/s1. The zero-order chi connectivity index (χ0) is 30.4. The Kier molecular flexibility index (Phi) is 7.84. The number of carbonyl (C=O) groups is 2. The molecule has 2 aliphatic heterocycles. The van der Waals surface area contributed by atoms with Crippen molar-refractivity contribution in [3.05, 3.63) is 98.9 Å². The van der Waals surface area contributed by atoms with Crippen LogP contribution in [0.15, 0.2) is 77.8 Å². The number of aliphatic hydroxyl groups excluding tert-OH is 1. The number of hydrogen-bond acceptors (Lipinski definition) is 8. The van der Waals surface area contributed by atoms with Crippen LogP contribution in [0, 0.1) is 22.0 Å². The van der Waals surface area contributed by atoms with Gasteiger partial charge in [0.05, 0.1) is 34.4 Å². The Morgan fingerprint density at radius 1 is 1.19 bits per heavy atom. The fourth-order valence-corrected chi connectivity index (χ4v) is 8.34. The molecular formula is C31H31N4O6S2+. The fraction of sp³-hybridized carbons (Fsp3) is 0.323. The van der Waals surface area contributed by atoms with Gasteiger partial charge in [-0.05, 0) is 36.4 Å². The summed E-state index contributed by atoms with van der Waals surface area (Å²) in [5.74, 6) is -1.74. The highest BCUT2D eigenvalue weighted by Crippen LogP contribution is 2.52. The lowest BCUT2D eigenvalue weighted by Crippen LogP contribution is -2.63. The van der Waals surface area contributed by atoms with Crippen LogP contribution in [-0.2, 0) is 33.9 Å². The monoisotopic (exact) mass is 619 g/mol. The second-order valence-electron chi connectivity index (χ2n) is 10.9. The Hall–Kier alpha value is -4.00. The van der Waals surface area contributed by atoms with Crippen LogP contribution in [0.3, 0.4) is 0 Å². The molecule has 2 aromatic carbocycles. The number of imidazole rings is 1. The molecule has 0 radical (unpaired) electrons. The number of nitro benzene ring substituents is 1. The quantitative estimate of drug-likeness (QED) is 0.0695. The number of amides is 1. The van der Waals surface area contributed by atoms with Crippen LogP contribution in [0.2, 0.25) is 0 Å². The van der Waals surface area contributed by atoms with Crippen molar-refractivity contribution in [2.45, 2.75) is 50.6 Å². The summed E-state index contributed by atoms with van der Waals surface area (Å²) >= 11 is 3.23. The summed E-state index contributed by atoms with van der Waals surface area (Å²) in [7, 11) is 0. The first-order chi connectivity index (χ1) is 20.7. The molecule has 222 valence electrons. The fourth-order valence-electron chi connectivity index (χ4n) is 6.13. The Balaban J connectivity index is 1.32. The summed E-state index contributed by atoms with van der Waals surface area (Å²) < 4.78 is 9.97. The Morgan fingerprint density at radius 3 is 2.56 bits per heavy atom. The number of aryl methyl sites for hydroxylation is 2. The predicted octanol–water partition coefficient (Wildman–Crippen LogP) is 4.47. The number of nitrogens with zero attached hydrogens (tertiary/aromatic N) is 4. The minimum atomic E-state index is -0.849. The molecule has 4 heterocycles. The maximum Gasteiger partial charge on any atom is 0.355 e. The Labute approximate surface area is 256 Å². The Bertz CT molecular complexity index is 1740. The highest BCUT2D eigenvalue weighted by molar-refractivity contribution is 7.98. The van der Waals surface area contributed by atoms with Gasteiger partial charge in [0.2, 0.25) is 15.8 Å². The number of rotatable bonds is 10. The number of aliphatic hydroxyl groups is 1. The van der Waals surface area contributed by atoms with Crippen molar-refractivity contribution in [1.29, 1.82) is 0 Å². The van der Waals surface area contributed by atoms with E-state index < -0.39 is 22.9 Å². The summed E-state index contributed by atoms with van der Waals surface area (Å²) in [5.41, 5.74) is 2.74. The second-order valence-corrected chi connectivity index (χ2v) is 12.7. The molecule has 1 saturated heterocycles. The van der Waals surface area contributed by atoms with Crippen molar-refractivity contribution >= 4 is 51.1 Å². The summed E-state index contributed by atoms with van der Waals surface area (Å²) in [5, 5.41) is 22.5. The number of aromatic nitrogens is 2. The number of non-ortho nitro benzene ring substituents is 1. The molecule has 2 aliphatic rings. The average Bonchev–Trinajstić information content (AvgIpc) is 3.62. The summed E-state index contributed by atoms with van der Waals surface area (Å²) in [4.78, 5) is 40.7. The minimum Gasteiger partial charge on any atom is -0.456 e. The van der Waals surface area contributed by atoms with Crippen LogP contribution in [0.1, 0.15) is 29.9 Å². The molecule has 6 rings (SSSR count). The first-order valence-corrected chi connectivity index (χ1v) is 16.0. The van der Waals surface area contributed by atoms with E-state index in [2.05, 4.69) is 27.4 Å². The molecule has 0 spiro atoms. The van der Waals surface area contributed by atoms with E-state index >= 15 is 0 Å². The van der Waals surface area contributed by atoms with E-state index in [0.29, 0.717) is 5.56 Å². The number of β-lactam (4-membered cyclic amide) rings is 1. The van der Waals surface area contributed by atoms with E-state index in [1.807, 2.05) is 37.6 Å². The van der Waals surface area contributed by atoms with Crippen LogP contribution >= 0.6 is 23.1 Å². The number of ether oxygens (including phenoxy) is 1. The van der Waals surface area contributed by atoms with E-state index in [-0.39, 0.29) is 35.9 Å². The summed E-state index contributed by atoms with van der Waals surface area (Å²) in [6, 6.07) is 15.8. The van der Waals surface area contributed by atoms with Gasteiger partial charge in [-0.15, -0.1) is 0 Å². The Morgan fingerprint density at radius 2 is 1.91 bits per heavy atom. The van der Waals surface area contributed by atoms with Crippen LogP contribution in [-0.4, -0.2) is 49.6 Å². The number of fused-ring (bicyclic) bond motifs is 2. The van der Waals surface area contributed by atoms with Crippen molar-refractivity contribution in [2.75, 3.05) is 6.26 Å². The van der Waals surface area contributed by atoms with Crippen molar-refractivity contribution in [1.82, 2.24) is 9.30 Å². The van der Waals surface area contributed by atoms with Gasteiger partial charge in [0.1, 0.15) is 18.5 Å². The van der Waals surface area contributed by atoms with E-state index in [1.165, 1.54) is 22.6 Å². The van der Waals surface area contributed by atoms with Gasteiger partial charge < -0.3 is 14.7 Å². The van der Waals surface area contributed by atoms with Gasteiger partial charge in [0.15, 0.2) is 0 Å². The number of thioether (sulfide) groups is 1. The molecule has 1 N–H and O–H groups in total. The lowest BCUT2D eigenvalue weighted by Gasteiger charge is -2.46. The molecule has 12 heteroatoms. The van der Waals surface area contributed by atoms with E-state index in [4.69, 9.17) is 4.74 Å². The SMILES string of the molecule is CSc1c2sc(C3=C(C(=O)OCc4ccc([N+](=O)[O-])cc4)N4C(=O)[C@H]([C@@H](C)O)[C@H]4[C@H]3C)cn2c[n+]1CCc1ccccc1. The van der Waals surface area contributed by atoms with Gasteiger partial charge in [-0.25, -0.2) is 9.36 Å². The smallest absolute Gasteiger partial charge is 0.355 e. The third-order valence-corrected chi connectivity index (χ3v) is 10.3. The van der Waals surface area contributed by atoms with Gasteiger partial charge in [-0.3, -0.25) is 14.9 Å². The molecule has 43 heavy (non-hydrogen) atoms. The van der Waals surface area contributed by atoms with Crippen molar-refractivity contribution in [3.63, 3.8) is 0 Å². The molecule has 0 bridgehead atoms. The number of benzene rings is 2. The maximum atomic E-state index is 13.6. The summed E-state index contributed by atoms with van der Waals surface area (Å²) in [6.45, 7) is 4.31. The minimum absolute atomic E-state index is 0.0528. The van der Waals surface area contributed by atoms with Crippen LogP contribution in [0.25, 0.3) is 10.4 Å². The van der Waals surface area contributed by atoms with Crippen molar-refractivity contribution in [2.24, 2.45) is 11.8 Å². The molecule has 0 aliphatic carbocycles. The maximum absolute atomic E-state index is 13.6. The van der Waals surface area contributed by atoms with E-state index in [1.54, 1.807) is 42.2 Å². The first-order valence-electron chi connectivity index (χ1n) is 14.0. The molecule has 2 aromatic heterocycles. The predicted molar refractivity (Wildman–Crippen MR) is 162 cm³/mol. The molecule has 1 fully saturated rings. The molecule has 4 atom stereocenters. The molecule has 1 amide bonds. The number of hydrogen-bond donors (Lipinski definition) is 1. The topological polar surface area (TPSA) is 118 Å². The second kappa shape index (κ2) is 11.6. The highest BCUT2D eigenvalue weighted by atomic mass is 32.2. The van der Waals surface area contributed by atoms with E-state index in [9.17, 15) is 24.8 Å². The third kappa shape index (κ3) is 5.13. The lowest BCUT2D eigenvalue weighted by atomic mass is 9.77. The van der Waals surface area contributed by atoms with Crippen molar-refractivity contribution < 1.29 is 28.9 Å². The average molecular weight is 620 g/mol. The van der Waals surface area contributed by atoms with Crippen molar-refractivity contribution in [3.8, 4) is 0 Å². The normalized spacial score (nSPS) is 20.3. The highest BCUT2D eigenvalue weighted by Gasteiger charge is 2.60. The number of thiazole rings is 1. The largest absolute Gasteiger partial charge is 0.456 e. The number of carbonyl (C=O) groups excluding carboxylic acids is 2. The van der Waals surface area contributed by atoms with E-state index in [0.717, 1.165) is 33.3 Å². The zero-order valence-electron chi connectivity index (χ0n) is 23.9. The molecule has 0 unspecified atom stereocenters. The molecule has 10 nitrogen and oxygen atoms in total. The van der Waals surface area contributed by atoms with Gasteiger partial charge in [-0.1, -0.05) is 60.4 Å². The molecule has 4 aromatic rings. The van der Waals surface area contributed by atoms with Gasteiger partial charge in [0, 0.05) is 30.0 Å². The van der Waals surface area contributed by atoms with Crippen LogP contribution in [0.5, 0.6) is 0 Å². The van der Waals surface area contributed by atoms with Gasteiger partial charge >= 0.3 is 5.97 Å². The number of esters is 1. The zero-order valence-corrected chi connectivity index (χ0v) is 25.5. The summed E-state index contributed by atoms with van der Waals surface area (Å²) in [6.07, 6.45) is 6.16.